The fraction of sp³-hybridized carbons (Fsp3) is 0. The van der Waals surface area contributed by atoms with Gasteiger partial charge >= 0.3 is 0 Å². The molecule has 0 aliphatic heterocycles. The van der Waals surface area contributed by atoms with Gasteiger partial charge in [0.05, 0.1) is 10.6 Å². The minimum atomic E-state index is -0.903. The number of nitrogens with two attached hydrogens (primary N) is 2. The van der Waals surface area contributed by atoms with E-state index in [1.807, 2.05) is 0 Å². The zero-order valence-corrected chi connectivity index (χ0v) is 10.9. The molecule has 0 aliphatic rings. The van der Waals surface area contributed by atoms with Crippen LogP contribution in [0.3, 0.4) is 0 Å². The van der Waals surface area contributed by atoms with E-state index in [-0.39, 0.29) is 33.6 Å². The second-order valence-electron chi connectivity index (χ2n) is 3.84. The van der Waals surface area contributed by atoms with Crippen LogP contribution in [0.4, 0.5) is 21.8 Å². The second kappa shape index (κ2) is 5.18. The molecule has 0 saturated carbocycles. The van der Waals surface area contributed by atoms with Crippen molar-refractivity contribution in [3.63, 3.8) is 0 Å². The summed E-state index contributed by atoms with van der Waals surface area (Å²) in [5, 5.41) is 19.5. The van der Waals surface area contributed by atoms with Crippen molar-refractivity contribution in [3.8, 4) is 17.3 Å². The first-order valence-corrected chi connectivity index (χ1v) is 5.69. The number of halogens is 2. The van der Waals surface area contributed by atoms with Gasteiger partial charge in [0.15, 0.2) is 0 Å². The highest BCUT2D eigenvalue weighted by Gasteiger charge is 2.22. The number of anilines is 2. The van der Waals surface area contributed by atoms with Crippen molar-refractivity contribution in [2.24, 2.45) is 0 Å². The molecule has 0 saturated heterocycles. The molecule has 1 heterocycles. The average Bonchev–Trinajstić information content (AvgIpc) is 2.37. The molecule has 0 atom stereocenters. The summed E-state index contributed by atoms with van der Waals surface area (Å²) < 4.78 is 14.0. The molecule has 0 amide bonds. The monoisotopic (exact) mass is 308 g/mol. The molecule has 8 nitrogen and oxygen atoms in total. The summed E-state index contributed by atoms with van der Waals surface area (Å²) in [6.07, 6.45) is 0. The average molecular weight is 309 g/mol. The van der Waals surface area contributed by atoms with E-state index in [0.717, 1.165) is 12.1 Å². The van der Waals surface area contributed by atoms with E-state index in [4.69, 9.17) is 28.3 Å². The van der Waals surface area contributed by atoms with Crippen LogP contribution < -0.4 is 11.5 Å². The normalized spacial score (nSPS) is 10.1. The first-order chi connectivity index (χ1) is 9.85. The Balaban J connectivity index is 2.82. The summed E-state index contributed by atoms with van der Waals surface area (Å²) in [4.78, 5) is 17.4. The Morgan fingerprint density at radius 2 is 2.05 bits per heavy atom. The van der Waals surface area contributed by atoms with Gasteiger partial charge < -0.3 is 11.5 Å². The van der Waals surface area contributed by atoms with Gasteiger partial charge in [0.1, 0.15) is 28.3 Å². The predicted molar refractivity (Wildman–Crippen MR) is 72.6 cm³/mol. The highest BCUT2D eigenvalue weighted by atomic mass is 35.5. The van der Waals surface area contributed by atoms with E-state index in [9.17, 15) is 14.5 Å². The number of nitro benzene ring substituents is 1. The zero-order valence-electron chi connectivity index (χ0n) is 10.2. The summed E-state index contributed by atoms with van der Waals surface area (Å²) in [5.41, 5.74) is 9.59. The first-order valence-electron chi connectivity index (χ1n) is 5.32. The van der Waals surface area contributed by atoms with Crippen LogP contribution >= 0.6 is 11.6 Å². The minimum absolute atomic E-state index is 0.236. The third kappa shape index (κ3) is 2.52. The maximum Gasteiger partial charge on any atom is 0.288 e. The molecular weight excluding hydrogens is 303 g/mol. The number of hydrogen-bond donors (Lipinski definition) is 2. The fourth-order valence-electron chi connectivity index (χ4n) is 1.66. The number of hydrogen-bond acceptors (Lipinski definition) is 7. The molecule has 10 heteroatoms. The van der Waals surface area contributed by atoms with Crippen molar-refractivity contribution >= 4 is 29.1 Å². The summed E-state index contributed by atoms with van der Waals surface area (Å²) in [7, 11) is 0. The number of aromatic nitrogens is 2. The lowest BCUT2D eigenvalue weighted by atomic mass is 10.1. The molecule has 0 spiro atoms. The Morgan fingerprint density at radius 1 is 1.38 bits per heavy atom. The Kier molecular flexibility index (Phi) is 3.56. The molecular formula is C11H6ClFN6O2. The Labute approximate surface area is 121 Å². The van der Waals surface area contributed by atoms with Gasteiger partial charge in [0.2, 0.25) is 5.95 Å². The van der Waals surface area contributed by atoms with Crippen molar-refractivity contribution < 1.29 is 9.31 Å². The molecule has 2 rings (SSSR count). The van der Waals surface area contributed by atoms with Crippen LogP contribution in [-0.4, -0.2) is 14.9 Å². The summed E-state index contributed by atoms with van der Waals surface area (Å²) in [5.74, 6) is -1.45. The van der Waals surface area contributed by atoms with Gasteiger partial charge in [-0.2, -0.15) is 10.2 Å². The lowest BCUT2D eigenvalue weighted by Gasteiger charge is -2.08. The van der Waals surface area contributed by atoms with Crippen molar-refractivity contribution in [2.75, 3.05) is 11.5 Å². The van der Waals surface area contributed by atoms with E-state index >= 15 is 0 Å². The maximum atomic E-state index is 14.0. The van der Waals surface area contributed by atoms with Gasteiger partial charge in [0, 0.05) is 17.7 Å². The number of nitrogens with zero attached hydrogens (tertiary/aromatic N) is 4. The van der Waals surface area contributed by atoms with Gasteiger partial charge in [-0.3, -0.25) is 10.1 Å². The third-order valence-corrected chi connectivity index (χ3v) is 2.86. The highest BCUT2D eigenvalue weighted by molar-refractivity contribution is 6.32. The molecule has 21 heavy (non-hydrogen) atoms. The number of rotatable bonds is 2. The molecule has 4 N–H and O–H groups in total. The van der Waals surface area contributed by atoms with Gasteiger partial charge in [-0.25, -0.2) is 9.37 Å². The lowest BCUT2D eigenvalue weighted by Crippen LogP contribution is -2.06. The third-order valence-electron chi connectivity index (χ3n) is 2.55. The van der Waals surface area contributed by atoms with E-state index in [0.29, 0.717) is 0 Å². The first kappa shape index (κ1) is 14.4. The molecule has 2 aromatic rings. The summed E-state index contributed by atoms with van der Waals surface area (Å²) in [6.45, 7) is 0. The Hall–Kier alpha value is -2.99. The van der Waals surface area contributed by atoms with E-state index < -0.39 is 16.4 Å². The van der Waals surface area contributed by atoms with Crippen LogP contribution in [0.15, 0.2) is 12.1 Å². The highest BCUT2D eigenvalue weighted by Crippen LogP contribution is 2.34. The molecule has 0 aliphatic carbocycles. The minimum Gasteiger partial charge on any atom is -0.382 e. The SMILES string of the molecule is N#Cc1c(N)nc(N)nc1-c1cc([N+](=O)[O-])c(Cl)cc1F. The molecule has 0 unspecified atom stereocenters. The summed E-state index contributed by atoms with van der Waals surface area (Å²) >= 11 is 5.59. The van der Waals surface area contributed by atoms with Crippen molar-refractivity contribution in [1.29, 1.82) is 5.26 Å². The van der Waals surface area contributed by atoms with Crippen LogP contribution in [-0.2, 0) is 0 Å². The zero-order chi connectivity index (χ0) is 15.7. The number of nitro groups is 1. The Bertz CT molecular complexity index is 804. The van der Waals surface area contributed by atoms with Crippen LogP contribution in [0.5, 0.6) is 0 Å². The van der Waals surface area contributed by atoms with Crippen LogP contribution in [0.1, 0.15) is 5.56 Å². The van der Waals surface area contributed by atoms with Gasteiger partial charge in [0.25, 0.3) is 5.69 Å². The lowest BCUT2D eigenvalue weighted by molar-refractivity contribution is -0.384. The standard InChI is InChI=1S/C11H6ClFN6O2/c12-6-2-7(13)4(1-8(6)19(20)21)9-5(3-14)10(15)18-11(16)17-9/h1-2H,(H4,15,16,17,18). The van der Waals surface area contributed by atoms with Crippen molar-refractivity contribution in [3.05, 3.63) is 38.7 Å². The van der Waals surface area contributed by atoms with Crippen molar-refractivity contribution in [2.45, 2.75) is 0 Å². The van der Waals surface area contributed by atoms with Gasteiger partial charge in [-0.05, 0) is 0 Å². The van der Waals surface area contributed by atoms with Crippen LogP contribution in [0.2, 0.25) is 5.02 Å². The largest absolute Gasteiger partial charge is 0.382 e. The molecule has 1 aromatic heterocycles. The molecule has 1 aromatic carbocycles. The van der Waals surface area contributed by atoms with Gasteiger partial charge in [-0.15, -0.1) is 0 Å². The van der Waals surface area contributed by atoms with Crippen molar-refractivity contribution in [1.82, 2.24) is 9.97 Å². The molecule has 106 valence electrons. The van der Waals surface area contributed by atoms with E-state index in [1.54, 1.807) is 6.07 Å². The molecule has 0 fully saturated rings. The molecule has 0 bridgehead atoms. The predicted octanol–water partition coefficient (Wildman–Crippen LogP) is 1.88. The van der Waals surface area contributed by atoms with Gasteiger partial charge in [-0.1, -0.05) is 11.6 Å². The smallest absolute Gasteiger partial charge is 0.288 e. The topological polar surface area (TPSA) is 145 Å². The number of nitriles is 1. The Morgan fingerprint density at radius 3 is 2.62 bits per heavy atom. The van der Waals surface area contributed by atoms with E-state index in [2.05, 4.69) is 9.97 Å². The quantitative estimate of drug-likeness (QED) is 0.636. The summed E-state index contributed by atoms with van der Waals surface area (Å²) in [6, 6.07) is 3.32. The van der Waals surface area contributed by atoms with Crippen LogP contribution in [0, 0.1) is 27.3 Å². The van der Waals surface area contributed by atoms with Crippen LogP contribution in [0.25, 0.3) is 11.3 Å². The molecule has 0 radical (unpaired) electrons. The number of benzene rings is 1. The number of nitrogen functional groups attached to an aromatic ring is 2. The maximum absolute atomic E-state index is 14.0. The second-order valence-corrected chi connectivity index (χ2v) is 4.25. The fourth-order valence-corrected chi connectivity index (χ4v) is 1.88. The van der Waals surface area contributed by atoms with E-state index in [1.165, 1.54) is 0 Å².